The van der Waals surface area contributed by atoms with Crippen molar-refractivity contribution in [1.29, 1.82) is 0 Å². The summed E-state index contributed by atoms with van der Waals surface area (Å²) in [4.78, 5) is 31.6. The van der Waals surface area contributed by atoms with Gasteiger partial charge in [0.05, 0.1) is 5.69 Å². The minimum absolute atomic E-state index is 0.243. The van der Waals surface area contributed by atoms with E-state index in [2.05, 4.69) is 20.9 Å². The zero-order valence-electron chi connectivity index (χ0n) is 17.7. The number of hydrogen-bond donors (Lipinski definition) is 0. The molecule has 1 aliphatic carbocycles. The van der Waals surface area contributed by atoms with Crippen molar-refractivity contribution in [3.8, 4) is 11.1 Å². The van der Waals surface area contributed by atoms with Crippen LogP contribution in [0.2, 0.25) is 0 Å². The van der Waals surface area contributed by atoms with Crippen LogP contribution in [0.3, 0.4) is 0 Å². The van der Waals surface area contributed by atoms with E-state index in [9.17, 15) is 4.79 Å². The molecule has 2 aliphatic heterocycles. The topological polar surface area (TPSA) is 62.2 Å². The average molecular weight is 406 g/mol. The Bertz CT molecular complexity index is 874. The number of carbonyl (C=O) groups is 1. The molecule has 3 fully saturated rings. The molecule has 0 aromatic carbocycles. The molecule has 2 aromatic rings. The third kappa shape index (κ3) is 3.92. The summed E-state index contributed by atoms with van der Waals surface area (Å²) in [5.41, 5.74) is 3.20. The maximum absolute atomic E-state index is 13.1. The summed E-state index contributed by atoms with van der Waals surface area (Å²) in [6.45, 7) is 3.72. The normalized spacial score (nSPS) is 22.6. The monoisotopic (exact) mass is 405 g/mol. The average Bonchev–Trinajstić information content (AvgIpc) is 3.53. The minimum atomic E-state index is 0.243. The van der Waals surface area contributed by atoms with Crippen molar-refractivity contribution in [2.75, 3.05) is 31.1 Å². The Morgan fingerprint density at radius 3 is 2.57 bits per heavy atom. The van der Waals surface area contributed by atoms with E-state index in [0.29, 0.717) is 5.91 Å². The van der Waals surface area contributed by atoms with Gasteiger partial charge in [0.2, 0.25) is 11.9 Å². The second kappa shape index (κ2) is 8.70. The molecule has 1 amide bonds. The van der Waals surface area contributed by atoms with Crippen LogP contribution in [0.25, 0.3) is 11.1 Å². The Kier molecular flexibility index (Phi) is 5.65. The number of carbonyl (C=O) groups excluding carboxylic acids is 1. The lowest BCUT2D eigenvalue weighted by Gasteiger charge is -2.35. The van der Waals surface area contributed by atoms with E-state index in [1.165, 1.54) is 25.7 Å². The summed E-state index contributed by atoms with van der Waals surface area (Å²) in [6, 6.07) is 4.04. The van der Waals surface area contributed by atoms with Crippen molar-refractivity contribution in [2.45, 2.75) is 57.3 Å². The zero-order chi connectivity index (χ0) is 20.3. The number of anilines is 1. The maximum Gasteiger partial charge on any atom is 0.225 e. The van der Waals surface area contributed by atoms with Crippen molar-refractivity contribution in [3.63, 3.8) is 0 Å². The van der Waals surface area contributed by atoms with Crippen LogP contribution in [0.1, 0.15) is 63.0 Å². The second-order valence-electron chi connectivity index (χ2n) is 9.01. The zero-order valence-corrected chi connectivity index (χ0v) is 17.7. The third-order valence-corrected chi connectivity index (χ3v) is 6.99. The summed E-state index contributed by atoms with van der Waals surface area (Å²) in [7, 11) is 0. The lowest BCUT2D eigenvalue weighted by molar-refractivity contribution is -0.136. The summed E-state index contributed by atoms with van der Waals surface area (Å²) in [6.07, 6.45) is 14.7. The second-order valence-corrected chi connectivity index (χ2v) is 9.01. The molecule has 158 valence electrons. The number of amides is 1. The lowest BCUT2D eigenvalue weighted by Crippen LogP contribution is -2.42. The molecular weight excluding hydrogens is 374 g/mol. The van der Waals surface area contributed by atoms with Gasteiger partial charge < -0.3 is 9.80 Å². The van der Waals surface area contributed by atoms with Crippen LogP contribution >= 0.6 is 0 Å². The number of nitrogens with zero attached hydrogens (tertiary/aromatic N) is 5. The molecule has 0 unspecified atom stereocenters. The molecule has 2 aromatic heterocycles. The van der Waals surface area contributed by atoms with Crippen molar-refractivity contribution < 1.29 is 4.79 Å². The highest BCUT2D eigenvalue weighted by Crippen LogP contribution is 2.35. The van der Waals surface area contributed by atoms with Gasteiger partial charge in [-0.3, -0.25) is 9.78 Å². The molecule has 5 rings (SSSR count). The summed E-state index contributed by atoms with van der Waals surface area (Å²) in [5.74, 6) is 1.71. The molecule has 6 heteroatoms. The molecule has 6 nitrogen and oxygen atoms in total. The largest absolute Gasteiger partial charge is 0.342 e. The number of likely N-dealkylation sites (tertiary alicyclic amines) is 1. The molecule has 30 heavy (non-hydrogen) atoms. The summed E-state index contributed by atoms with van der Waals surface area (Å²) in [5, 5.41) is 0. The highest BCUT2D eigenvalue weighted by Gasteiger charge is 2.33. The molecule has 0 bridgehead atoms. The van der Waals surface area contributed by atoms with E-state index in [4.69, 9.17) is 9.97 Å². The van der Waals surface area contributed by atoms with Crippen molar-refractivity contribution in [3.05, 3.63) is 36.4 Å². The molecule has 0 spiro atoms. The van der Waals surface area contributed by atoms with Gasteiger partial charge in [-0.1, -0.05) is 18.9 Å². The van der Waals surface area contributed by atoms with Gasteiger partial charge in [0, 0.05) is 67.7 Å². The number of rotatable bonds is 4. The molecular formula is C24H31N5O. The molecule has 4 heterocycles. The number of pyridine rings is 1. The molecule has 3 aliphatic rings. The van der Waals surface area contributed by atoms with E-state index in [-0.39, 0.29) is 11.8 Å². The first-order chi connectivity index (χ1) is 14.8. The Morgan fingerprint density at radius 2 is 1.80 bits per heavy atom. The quantitative estimate of drug-likeness (QED) is 0.768. The van der Waals surface area contributed by atoms with E-state index in [1.54, 1.807) is 6.20 Å². The first kappa shape index (κ1) is 19.5. The van der Waals surface area contributed by atoms with E-state index < -0.39 is 0 Å². The van der Waals surface area contributed by atoms with E-state index in [0.717, 1.165) is 74.6 Å². The van der Waals surface area contributed by atoms with Crippen molar-refractivity contribution in [2.24, 2.45) is 5.92 Å². The smallest absolute Gasteiger partial charge is 0.225 e. The molecule has 2 saturated heterocycles. The molecule has 0 N–H and O–H groups in total. The Balaban J connectivity index is 1.45. The van der Waals surface area contributed by atoms with Gasteiger partial charge >= 0.3 is 0 Å². The minimum Gasteiger partial charge on any atom is -0.342 e. The molecule has 1 saturated carbocycles. The van der Waals surface area contributed by atoms with Gasteiger partial charge in [-0.05, 0) is 44.6 Å². The summed E-state index contributed by atoms with van der Waals surface area (Å²) < 4.78 is 0. The van der Waals surface area contributed by atoms with Gasteiger partial charge in [-0.2, -0.15) is 0 Å². The van der Waals surface area contributed by atoms with E-state index in [1.807, 2.05) is 18.5 Å². The van der Waals surface area contributed by atoms with Crippen LogP contribution in [0.4, 0.5) is 5.95 Å². The number of aromatic nitrogens is 3. The highest BCUT2D eigenvalue weighted by atomic mass is 16.2. The Labute approximate surface area is 178 Å². The fraction of sp³-hybridized carbons (Fsp3) is 0.583. The predicted molar refractivity (Wildman–Crippen MR) is 117 cm³/mol. The summed E-state index contributed by atoms with van der Waals surface area (Å²) >= 11 is 0. The SMILES string of the molecule is O=C(C1CCCC1)N1CCC[C@@H](c2nc(N3CCCC3)ncc2-c2cccnc2)C1. The standard InChI is InChI=1S/C24H31N5O/c30-23(18-7-1-2-8-18)29-14-6-10-20(17-29)22-21(19-9-5-11-25-15-19)16-26-24(27-22)28-12-3-4-13-28/h5,9,11,15-16,18,20H,1-4,6-8,10,12-14,17H2/t20-/m1/s1. The fourth-order valence-corrected chi connectivity index (χ4v) is 5.34. The van der Waals surface area contributed by atoms with Gasteiger partial charge in [0.15, 0.2) is 0 Å². The van der Waals surface area contributed by atoms with Gasteiger partial charge in [-0.15, -0.1) is 0 Å². The van der Waals surface area contributed by atoms with Crippen LogP contribution < -0.4 is 4.90 Å². The van der Waals surface area contributed by atoms with Crippen LogP contribution in [-0.2, 0) is 4.79 Å². The predicted octanol–water partition coefficient (Wildman–Crippen LogP) is 4.04. The van der Waals surface area contributed by atoms with Crippen molar-refractivity contribution in [1.82, 2.24) is 19.9 Å². The van der Waals surface area contributed by atoms with E-state index >= 15 is 0 Å². The van der Waals surface area contributed by atoms with Crippen LogP contribution in [0.5, 0.6) is 0 Å². The molecule has 1 atom stereocenters. The van der Waals surface area contributed by atoms with Gasteiger partial charge in [-0.25, -0.2) is 9.97 Å². The Hall–Kier alpha value is -2.50. The number of hydrogen-bond acceptors (Lipinski definition) is 5. The maximum atomic E-state index is 13.1. The molecule has 0 radical (unpaired) electrons. The van der Waals surface area contributed by atoms with Crippen LogP contribution in [0, 0.1) is 5.92 Å². The lowest BCUT2D eigenvalue weighted by atomic mass is 9.89. The highest BCUT2D eigenvalue weighted by molar-refractivity contribution is 5.79. The van der Waals surface area contributed by atoms with Gasteiger partial charge in [0.1, 0.15) is 0 Å². The Morgan fingerprint density at radius 1 is 0.967 bits per heavy atom. The number of piperidine rings is 1. The third-order valence-electron chi connectivity index (χ3n) is 6.99. The van der Waals surface area contributed by atoms with Crippen LogP contribution in [-0.4, -0.2) is 51.9 Å². The first-order valence-corrected chi connectivity index (χ1v) is 11.6. The first-order valence-electron chi connectivity index (χ1n) is 11.6. The van der Waals surface area contributed by atoms with Gasteiger partial charge in [0.25, 0.3) is 0 Å². The fourth-order valence-electron chi connectivity index (χ4n) is 5.34. The van der Waals surface area contributed by atoms with Crippen LogP contribution in [0.15, 0.2) is 30.7 Å². The van der Waals surface area contributed by atoms with Crippen molar-refractivity contribution >= 4 is 11.9 Å².